The minimum absolute atomic E-state index is 0.0366. The maximum absolute atomic E-state index is 12.6. The summed E-state index contributed by atoms with van der Waals surface area (Å²) in [6, 6.07) is 7.36. The molecule has 24 heavy (non-hydrogen) atoms. The molecule has 0 bridgehead atoms. The number of nitrogens with zero attached hydrogens (tertiary/aromatic N) is 3. The summed E-state index contributed by atoms with van der Waals surface area (Å²) in [5.74, 6) is -0.0997. The molecule has 128 valence electrons. The summed E-state index contributed by atoms with van der Waals surface area (Å²) in [6.45, 7) is 5.70. The summed E-state index contributed by atoms with van der Waals surface area (Å²) in [5.41, 5.74) is 0.526. The van der Waals surface area contributed by atoms with Crippen molar-refractivity contribution in [3.05, 3.63) is 40.3 Å². The van der Waals surface area contributed by atoms with Gasteiger partial charge in [-0.1, -0.05) is 18.2 Å². The molecule has 6 heteroatoms. The molecule has 2 aromatic rings. The van der Waals surface area contributed by atoms with Crippen LogP contribution in [0.25, 0.3) is 10.8 Å². The SMILES string of the molecule is CCN(C[C@H]1CCCO1)C(=O)Cn1nc(C)c2ccccc2c1=O. The van der Waals surface area contributed by atoms with Gasteiger partial charge in [-0.3, -0.25) is 9.59 Å². The fourth-order valence-electron chi connectivity index (χ4n) is 3.18. The summed E-state index contributed by atoms with van der Waals surface area (Å²) in [5, 5.41) is 5.74. The Labute approximate surface area is 141 Å². The van der Waals surface area contributed by atoms with Crippen LogP contribution in [0.2, 0.25) is 0 Å². The maximum atomic E-state index is 12.6. The van der Waals surface area contributed by atoms with Crippen molar-refractivity contribution in [3.8, 4) is 0 Å². The predicted molar refractivity (Wildman–Crippen MR) is 92.0 cm³/mol. The van der Waals surface area contributed by atoms with E-state index in [1.54, 1.807) is 11.0 Å². The van der Waals surface area contributed by atoms with Crippen molar-refractivity contribution >= 4 is 16.7 Å². The van der Waals surface area contributed by atoms with Crippen LogP contribution in [0.5, 0.6) is 0 Å². The lowest BCUT2D eigenvalue weighted by atomic mass is 10.1. The molecule has 1 aromatic heterocycles. The number of likely N-dealkylation sites (N-methyl/N-ethyl adjacent to an activating group) is 1. The van der Waals surface area contributed by atoms with Gasteiger partial charge in [0.1, 0.15) is 6.54 Å². The van der Waals surface area contributed by atoms with Crippen molar-refractivity contribution < 1.29 is 9.53 Å². The molecule has 0 unspecified atom stereocenters. The van der Waals surface area contributed by atoms with Crippen LogP contribution in [-0.2, 0) is 16.1 Å². The number of fused-ring (bicyclic) bond motifs is 1. The first-order chi connectivity index (χ1) is 11.6. The third-order valence-electron chi connectivity index (χ3n) is 4.52. The van der Waals surface area contributed by atoms with Crippen LogP contribution in [0, 0.1) is 6.92 Å². The lowest BCUT2D eigenvalue weighted by molar-refractivity contribution is -0.133. The zero-order valence-electron chi connectivity index (χ0n) is 14.2. The highest BCUT2D eigenvalue weighted by atomic mass is 16.5. The van der Waals surface area contributed by atoms with Gasteiger partial charge in [-0.2, -0.15) is 5.10 Å². The standard InChI is InChI=1S/C18H23N3O3/c1-3-20(11-14-7-6-10-24-14)17(22)12-21-18(23)16-9-5-4-8-15(16)13(2)19-21/h4-5,8-9,14H,3,6-7,10-12H2,1-2H3/t14-/m1/s1. The summed E-state index contributed by atoms with van der Waals surface area (Å²) < 4.78 is 6.88. The molecule has 2 heterocycles. The number of amides is 1. The number of carbonyl (C=O) groups excluding carboxylic acids is 1. The second-order valence-electron chi connectivity index (χ2n) is 6.16. The number of ether oxygens (including phenoxy) is 1. The molecule has 1 saturated heterocycles. The van der Waals surface area contributed by atoms with E-state index in [2.05, 4.69) is 5.10 Å². The molecule has 6 nitrogen and oxygen atoms in total. The van der Waals surface area contributed by atoms with Gasteiger partial charge in [-0.25, -0.2) is 4.68 Å². The molecule has 1 aliphatic rings. The van der Waals surface area contributed by atoms with E-state index in [1.807, 2.05) is 32.0 Å². The maximum Gasteiger partial charge on any atom is 0.275 e. The first-order valence-electron chi connectivity index (χ1n) is 8.46. The Morgan fingerprint density at radius 2 is 2.12 bits per heavy atom. The van der Waals surface area contributed by atoms with E-state index in [0.717, 1.165) is 30.5 Å². The van der Waals surface area contributed by atoms with Crippen molar-refractivity contribution in [3.63, 3.8) is 0 Å². The number of benzene rings is 1. The Hall–Kier alpha value is -2.21. The highest BCUT2D eigenvalue weighted by molar-refractivity contribution is 5.83. The first kappa shape index (κ1) is 16.6. The molecule has 0 aliphatic carbocycles. The van der Waals surface area contributed by atoms with Crippen molar-refractivity contribution in [2.24, 2.45) is 0 Å². The number of hydrogen-bond acceptors (Lipinski definition) is 4. The Morgan fingerprint density at radius 3 is 2.79 bits per heavy atom. The lowest BCUT2D eigenvalue weighted by Crippen LogP contribution is -2.41. The Morgan fingerprint density at radius 1 is 1.38 bits per heavy atom. The van der Waals surface area contributed by atoms with Crippen LogP contribution in [0.15, 0.2) is 29.1 Å². The van der Waals surface area contributed by atoms with Gasteiger partial charge in [0.05, 0.1) is 17.2 Å². The van der Waals surface area contributed by atoms with Crippen molar-refractivity contribution in [2.75, 3.05) is 19.7 Å². The van der Waals surface area contributed by atoms with Gasteiger partial charge in [-0.05, 0) is 32.8 Å². The zero-order chi connectivity index (χ0) is 17.1. The molecule has 1 aromatic carbocycles. The Bertz CT molecular complexity index is 794. The van der Waals surface area contributed by atoms with Crippen molar-refractivity contribution in [2.45, 2.75) is 39.3 Å². The van der Waals surface area contributed by atoms with E-state index < -0.39 is 0 Å². The van der Waals surface area contributed by atoms with Crippen LogP contribution in [-0.4, -0.2) is 46.4 Å². The van der Waals surface area contributed by atoms with Gasteiger partial charge in [0.15, 0.2) is 0 Å². The summed E-state index contributed by atoms with van der Waals surface area (Å²) in [4.78, 5) is 26.9. The van der Waals surface area contributed by atoms with Crippen LogP contribution >= 0.6 is 0 Å². The normalized spacial score (nSPS) is 17.3. The molecule has 3 rings (SSSR count). The summed E-state index contributed by atoms with van der Waals surface area (Å²) in [7, 11) is 0. The average Bonchev–Trinajstić information content (AvgIpc) is 3.10. The molecule has 1 amide bonds. The van der Waals surface area contributed by atoms with Gasteiger partial charge >= 0.3 is 0 Å². The van der Waals surface area contributed by atoms with E-state index in [4.69, 9.17) is 4.74 Å². The summed E-state index contributed by atoms with van der Waals surface area (Å²) >= 11 is 0. The molecular weight excluding hydrogens is 306 g/mol. The second kappa shape index (κ2) is 7.13. The number of carbonyl (C=O) groups is 1. The van der Waals surface area contributed by atoms with Crippen LogP contribution in [0.1, 0.15) is 25.5 Å². The van der Waals surface area contributed by atoms with Crippen molar-refractivity contribution in [1.29, 1.82) is 0 Å². The largest absolute Gasteiger partial charge is 0.376 e. The third kappa shape index (κ3) is 3.33. The average molecular weight is 329 g/mol. The number of rotatable bonds is 5. The Kier molecular flexibility index (Phi) is 4.94. The summed E-state index contributed by atoms with van der Waals surface area (Å²) in [6.07, 6.45) is 2.13. The molecule has 0 N–H and O–H groups in total. The topological polar surface area (TPSA) is 64.4 Å². The minimum atomic E-state index is -0.224. The molecule has 1 atom stereocenters. The fraction of sp³-hybridized carbons (Fsp3) is 0.500. The second-order valence-corrected chi connectivity index (χ2v) is 6.16. The van der Waals surface area contributed by atoms with Gasteiger partial charge in [0, 0.05) is 25.1 Å². The van der Waals surface area contributed by atoms with Gasteiger partial charge in [0.25, 0.3) is 5.56 Å². The van der Waals surface area contributed by atoms with Gasteiger partial charge in [-0.15, -0.1) is 0 Å². The number of aryl methyl sites for hydroxylation is 1. The van der Waals surface area contributed by atoms with Crippen LogP contribution in [0.3, 0.4) is 0 Å². The number of hydrogen-bond donors (Lipinski definition) is 0. The first-order valence-corrected chi connectivity index (χ1v) is 8.46. The highest BCUT2D eigenvalue weighted by Gasteiger charge is 2.22. The molecule has 0 saturated carbocycles. The smallest absolute Gasteiger partial charge is 0.275 e. The van der Waals surface area contributed by atoms with Gasteiger partial charge < -0.3 is 9.64 Å². The zero-order valence-corrected chi connectivity index (χ0v) is 14.2. The molecule has 1 aliphatic heterocycles. The molecular formula is C18H23N3O3. The van der Waals surface area contributed by atoms with Crippen molar-refractivity contribution in [1.82, 2.24) is 14.7 Å². The Balaban J connectivity index is 1.81. The van der Waals surface area contributed by atoms with E-state index in [-0.39, 0.29) is 24.1 Å². The molecule has 0 spiro atoms. The number of aromatic nitrogens is 2. The van der Waals surface area contributed by atoms with E-state index >= 15 is 0 Å². The quantitative estimate of drug-likeness (QED) is 0.838. The highest BCUT2D eigenvalue weighted by Crippen LogP contribution is 2.14. The predicted octanol–water partition coefficient (Wildman–Crippen LogP) is 1.73. The lowest BCUT2D eigenvalue weighted by Gasteiger charge is -2.24. The molecule has 1 fully saturated rings. The van der Waals surface area contributed by atoms with E-state index in [9.17, 15) is 9.59 Å². The minimum Gasteiger partial charge on any atom is -0.376 e. The van der Waals surface area contributed by atoms with Crippen LogP contribution < -0.4 is 5.56 Å². The van der Waals surface area contributed by atoms with Gasteiger partial charge in [0.2, 0.25) is 5.91 Å². The third-order valence-corrected chi connectivity index (χ3v) is 4.52. The van der Waals surface area contributed by atoms with Crippen LogP contribution in [0.4, 0.5) is 0 Å². The monoisotopic (exact) mass is 329 g/mol. The van der Waals surface area contributed by atoms with E-state index in [1.165, 1.54) is 4.68 Å². The fourth-order valence-corrected chi connectivity index (χ4v) is 3.18. The van der Waals surface area contributed by atoms with E-state index in [0.29, 0.717) is 18.5 Å². The molecule has 0 radical (unpaired) electrons.